The van der Waals surface area contributed by atoms with Crippen molar-refractivity contribution in [2.45, 2.75) is 50.7 Å². The van der Waals surface area contributed by atoms with E-state index >= 15 is 0 Å². The van der Waals surface area contributed by atoms with Gasteiger partial charge in [-0.15, -0.1) is 0 Å². The van der Waals surface area contributed by atoms with E-state index in [9.17, 15) is 4.79 Å². The molecule has 31 heavy (non-hydrogen) atoms. The molecule has 0 aromatic heterocycles. The van der Waals surface area contributed by atoms with E-state index in [1.807, 2.05) is 37.3 Å². The van der Waals surface area contributed by atoms with E-state index in [-0.39, 0.29) is 18.0 Å². The highest BCUT2D eigenvalue weighted by atomic mass is 16.5. The van der Waals surface area contributed by atoms with Crippen LogP contribution >= 0.6 is 0 Å². The van der Waals surface area contributed by atoms with Crippen LogP contribution in [0.3, 0.4) is 0 Å². The number of carbonyl (C=O) groups excluding carboxylic acids is 1. The van der Waals surface area contributed by atoms with Gasteiger partial charge < -0.3 is 15.4 Å². The van der Waals surface area contributed by atoms with Crippen molar-refractivity contribution in [3.8, 4) is 5.75 Å². The van der Waals surface area contributed by atoms with Gasteiger partial charge in [-0.2, -0.15) is 0 Å². The Kier molecular flexibility index (Phi) is 5.72. The zero-order valence-electron chi connectivity index (χ0n) is 18.6. The first-order chi connectivity index (χ1) is 15.2. The first-order valence-electron chi connectivity index (χ1n) is 11.7. The summed E-state index contributed by atoms with van der Waals surface area (Å²) in [5, 5.41) is 7.00. The Morgan fingerprint density at radius 1 is 1.23 bits per heavy atom. The van der Waals surface area contributed by atoms with Crippen LogP contribution in [0.1, 0.15) is 65.3 Å². The quantitative estimate of drug-likeness (QED) is 0.790. The van der Waals surface area contributed by atoms with Crippen LogP contribution < -0.4 is 15.4 Å². The first-order valence-corrected chi connectivity index (χ1v) is 11.7. The second kappa shape index (κ2) is 8.64. The van der Waals surface area contributed by atoms with Crippen LogP contribution in [-0.4, -0.2) is 43.6 Å². The number of fused-ring (bicyclic) bond motifs is 4. The van der Waals surface area contributed by atoms with Crippen molar-refractivity contribution in [2.75, 3.05) is 26.7 Å². The normalized spacial score (nSPS) is 26.2. The fourth-order valence-electron chi connectivity index (χ4n) is 5.91. The predicted molar refractivity (Wildman–Crippen MR) is 122 cm³/mol. The molecular weight excluding hydrogens is 386 g/mol. The van der Waals surface area contributed by atoms with Gasteiger partial charge in [0.15, 0.2) is 0 Å². The molecule has 2 fully saturated rings. The lowest BCUT2D eigenvalue weighted by molar-refractivity contribution is 0.0538. The first kappa shape index (κ1) is 20.5. The smallest absolute Gasteiger partial charge is 0.252 e. The topological polar surface area (TPSA) is 53.6 Å². The lowest BCUT2D eigenvalue weighted by Crippen LogP contribution is -2.55. The molecule has 5 nitrogen and oxygen atoms in total. The van der Waals surface area contributed by atoms with Crippen molar-refractivity contribution in [1.29, 1.82) is 0 Å². The SMILES string of the molecule is COc1ccc(C(=O)N[C@H](C)c2ccccc2)c2c1CCN1C[C@@H]3CCCN[C@@H]3C[C@H]21. The van der Waals surface area contributed by atoms with Gasteiger partial charge in [0.25, 0.3) is 5.91 Å². The molecule has 3 heterocycles. The molecule has 5 heteroatoms. The molecule has 0 radical (unpaired) electrons. The molecule has 164 valence electrons. The summed E-state index contributed by atoms with van der Waals surface area (Å²) in [5.41, 5.74) is 4.33. The van der Waals surface area contributed by atoms with E-state index in [1.54, 1.807) is 7.11 Å². The number of hydrogen-bond acceptors (Lipinski definition) is 4. The summed E-state index contributed by atoms with van der Waals surface area (Å²) >= 11 is 0. The predicted octanol–water partition coefficient (Wildman–Crippen LogP) is 3.86. The number of amides is 1. The maximum atomic E-state index is 13.5. The Bertz CT molecular complexity index is 945. The highest BCUT2D eigenvalue weighted by molar-refractivity contribution is 5.97. The Labute approximate surface area is 185 Å². The Morgan fingerprint density at radius 3 is 2.87 bits per heavy atom. The van der Waals surface area contributed by atoms with E-state index in [1.165, 1.54) is 24.0 Å². The van der Waals surface area contributed by atoms with Crippen molar-refractivity contribution in [3.05, 3.63) is 64.7 Å². The van der Waals surface area contributed by atoms with E-state index in [4.69, 9.17) is 4.74 Å². The molecule has 0 bridgehead atoms. The van der Waals surface area contributed by atoms with Gasteiger partial charge >= 0.3 is 0 Å². The summed E-state index contributed by atoms with van der Waals surface area (Å²) in [4.78, 5) is 16.1. The average Bonchev–Trinajstić information content (AvgIpc) is 2.82. The summed E-state index contributed by atoms with van der Waals surface area (Å²) in [6.45, 7) is 5.33. The second-order valence-electron chi connectivity index (χ2n) is 9.27. The molecule has 5 rings (SSSR count). The third-order valence-corrected chi connectivity index (χ3v) is 7.52. The van der Waals surface area contributed by atoms with Gasteiger partial charge in [0, 0.05) is 36.3 Å². The number of benzene rings is 2. The van der Waals surface area contributed by atoms with Crippen LogP contribution in [0.2, 0.25) is 0 Å². The van der Waals surface area contributed by atoms with E-state index in [2.05, 4.69) is 27.7 Å². The van der Waals surface area contributed by atoms with Crippen LogP contribution in [0.25, 0.3) is 0 Å². The van der Waals surface area contributed by atoms with Crippen molar-refractivity contribution in [2.24, 2.45) is 5.92 Å². The molecule has 1 amide bonds. The molecule has 2 aromatic rings. The molecule has 3 aliphatic rings. The van der Waals surface area contributed by atoms with Gasteiger partial charge in [-0.1, -0.05) is 30.3 Å². The number of nitrogens with zero attached hydrogens (tertiary/aromatic N) is 1. The Hall–Kier alpha value is -2.37. The molecule has 0 saturated carbocycles. The fourth-order valence-corrected chi connectivity index (χ4v) is 5.91. The molecule has 2 saturated heterocycles. The maximum Gasteiger partial charge on any atom is 0.252 e. The van der Waals surface area contributed by atoms with Crippen molar-refractivity contribution in [1.82, 2.24) is 15.5 Å². The summed E-state index contributed by atoms with van der Waals surface area (Å²) < 4.78 is 5.72. The monoisotopic (exact) mass is 419 g/mol. The number of methoxy groups -OCH3 is 1. The van der Waals surface area contributed by atoms with Gasteiger partial charge in [0.05, 0.1) is 13.2 Å². The lowest BCUT2D eigenvalue weighted by Gasteiger charge is -2.49. The maximum absolute atomic E-state index is 13.5. The highest BCUT2D eigenvalue weighted by Gasteiger charge is 2.41. The van der Waals surface area contributed by atoms with E-state index in [0.717, 1.165) is 55.3 Å². The standard InChI is InChI=1S/C26H33N3O2/c1-17(18-7-4-3-5-8-18)28-26(30)21-10-11-24(31-2)20-12-14-29-16-19-9-6-13-27-22(19)15-23(29)25(20)21/h3-5,7-8,10-11,17,19,22-23,27H,6,9,12-16H2,1-2H3,(H,28,30)/t17-,19+,22-,23-/m1/s1. The van der Waals surface area contributed by atoms with Crippen molar-refractivity contribution in [3.63, 3.8) is 0 Å². The molecule has 0 unspecified atom stereocenters. The van der Waals surface area contributed by atoms with Crippen LogP contribution in [-0.2, 0) is 6.42 Å². The Balaban J connectivity index is 1.47. The van der Waals surface area contributed by atoms with Crippen LogP contribution in [0, 0.1) is 5.92 Å². The molecule has 3 aliphatic heterocycles. The summed E-state index contributed by atoms with van der Waals surface area (Å²) in [6.07, 6.45) is 4.59. The summed E-state index contributed by atoms with van der Waals surface area (Å²) in [5.74, 6) is 1.66. The minimum absolute atomic E-state index is 0.0100. The van der Waals surface area contributed by atoms with E-state index < -0.39 is 0 Å². The summed E-state index contributed by atoms with van der Waals surface area (Å²) in [6, 6.07) is 14.9. The fraction of sp³-hybridized carbons (Fsp3) is 0.500. The lowest BCUT2D eigenvalue weighted by atomic mass is 9.76. The summed E-state index contributed by atoms with van der Waals surface area (Å²) in [7, 11) is 1.73. The van der Waals surface area contributed by atoms with Crippen LogP contribution in [0.4, 0.5) is 0 Å². The number of ether oxygens (including phenoxy) is 1. The number of carbonyl (C=O) groups is 1. The second-order valence-corrected chi connectivity index (χ2v) is 9.27. The van der Waals surface area contributed by atoms with Crippen molar-refractivity contribution < 1.29 is 9.53 Å². The zero-order chi connectivity index (χ0) is 21.4. The Morgan fingerprint density at radius 2 is 2.06 bits per heavy atom. The third kappa shape index (κ3) is 3.85. The minimum Gasteiger partial charge on any atom is -0.496 e. The number of hydrogen-bond donors (Lipinski definition) is 2. The molecule has 2 aromatic carbocycles. The van der Waals surface area contributed by atoms with Gasteiger partial charge in [0.1, 0.15) is 5.75 Å². The van der Waals surface area contributed by atoms with Gasteiger partial charge in [-0.3, -0.25) is 9.69 Å². The molecule has 0 aliphatic carbocycles. The highest BCUT2D eigenvalue weighted by Crippen LogP contribution is 2.44. The van der Waals surface area contributed by atoms with Crippen LogP contribution in [0.5, 0.6) is 5.75 Å². The van der Waals surface area contributed by atoms with Gasteiger partial charge in [-0.25, -0.2) is 0 Å². The molecular formula is C26H33N3O2. The number of rotatable bonds is 4. The third-order valence-electron chi connectivity index (χ3n) is 7.52. The molecule has 2 N–H and O–H groups in total. The largest absolute Gasteiger partial charge is 0.496 e. The number of nitrogens with one attached hydrogen (secondary N) is 2. The van der Waals surface area contributed by atoms with E-state index in [0.29, 0.717) is 6.04 Å². The zero-order valence-corrected chi connectivity index (χ0v) is 18.6. The van der Waals surface area contributed by atoms with Crippen LogP contribution in [0.15, 0.2) is 42.5 Å². The minimum atomic E-state index is -0.0399. The number of piperidine rings is 2. The molecule has 4 atom stereocenters. The van der Waals surface area contributed by atoms with Crippen molar-refractivity contribution >= 4 is 5.91 Å². The average molecular weight is 420 g/mol. The van der Waals surface area contributed by atoms with Gasteiger partial charge in [0.2, 0.25) is 0 Å². The van der Waals surface area contributed by atoms with Gasteiger partial charge in [-0.05, 0) is 68.3 Å². The molecule has 0 spiro atoms.